The highest BCUT2D eigenvalue weighted by molar-refractivity contribution is 6.31. The number of hydrogen-bond acceptors (Lipinski definition) is 8. The number of fused-ring (bicyclic) bond motifs is 2. The smallest absolute Gasteiger partial charge is 0.315 e. The Balaban J connectivity index is 1.67. The van der Waals surface area contributed by atoms with E-state index in [9.17, 15) is 14.9 Å². The average Bonchev–Trinajstić information content (AvgIpc) is 3.35. The second kappa shape index (κ2) is 10.6. The van der Waals surface area contributed by atoms with E-state index in [0.29, 0.717) is 39.3 Å². The molecule has 0 radical (unpaired) electrons. The zero-order valence-corrected chi connectivity index (χ0v) is 22.0. The van der Waals surface area contributed by atoms with Crippen LogP contribution < -0.4 is 15.0 Å². The molecule has 0 bridgehead atoms. The van der Waals surface area contributed by atoms with Gasteiger partial charge in [0, 0.05) is 22.0 Å². The fourth-order valence-electron chi connectivity index (χ4n) is 4.01. The van der Waals surface area contributed by atoms with Crippen molar-refractivity contribution in [3.8, 4) is 23.1 Å². The highest BCUT2D eigenvalue weighted by Crippen LogP contribution is 2.39. The van der Waals surface area contributed by atoms with Gasteiger partial charge in [0.25, 0.3) is 5.56 Å². The van der Waals surface area contributed by atoms with Gasteiger partial charge in [-0.15, -0.1) is 0 Å². The molecule has 0 amide bonds. The summed E-state index contributed by atoms with van der Waals surface area (Å²) in [7, 11) is 1.40. The summed E-state index contributed by atoms with van der Waals surface area (Å²) in [6, 6.07) is 16.6. The van der Waals surface area contributed by atoms with Crippen LogP contribution in [-0.2, 0) is 0 Å². The number of halogens is 1. The molecule has 0 aliphatic heterocycles. The summed E-state index contributed by atoms with van der Waals surface area (Å²) in [6.07, 6.45) is 1.71. The van der Waals surface area contributed by atoms with Crippen molar-refractivity contribution in [2.45, 2.75) is 26.4 Å². The molecule has 39 heavy (non-hydrogen) atoms. The minimum absolute atomic E-state index is 0.0279. The van der Waals surface area contributed by atoms with E-state index in [1.807, 2.05) is 13.8 Å². The quantitative estimate of drug-likeness (QED) is 0.125. The number of benzene rings is 3. The number of ether oxygens (including phenoxy) is 2. The molecule has 0 aliphatic rings. The highest BCUT2D eigenvalue weighted by Gasteiger charge is 2.24. The Morgan fingerprint density at radius 1 is 1.21 bits per heavy atom. The lowest BCUT2D eigenvalue weighted by Gasteiger charge is -2.16. The number of nitro groups is 1. The number of para-hydroxylation sites is 1. The molecule has 3 aromatic carbocycles. The highest BCUT2D eigenvalue weighted by atomic mass is 35.5. The predicted octanol–water partition coefficient (Wildman–Crippen LogP) is 6.44. The van der Waals surface area contributed by atoms with Crippen molar-refractivity contribution in [1.82, 2.24) is 9.66 Å². The molecule has 11 heteroatoms. The van der Waals surface area contributed by atoms with E-state index < -0.39 is 10.5 Å². The van der Waals surface area contributed by atoms with Gasteiger partial charge in [-0.1, -0.05) is 30.7 Å². The summed E-state index contributed by atoms with van der Waals surface area (Å²) >= 11 is 6.13. The number of furan rings is 1. The number of rotatable bonds is 8. The third-order valence-electron chi connectivity index (χ3n) is 6.14. The molecule has 0 unspecified atom stereocenters. The lowest BCUT2D eigenvalue weighted by atomic mass is 10.1. The van der Waals surface area contributed by atoms with Crippen molar-refractivity contribution < 1.29 is 18.8 Å². The van der Waals surface area contributed by atoms with Crippen molar-refractivity contribution >= 4 is 45.4 Å². The van der Waals surface area contributed by atoms with Gasteiger partial charge in [-0.3, -0.25) is 14.9 Å². The van der Waals surface area contributed by atoms with Crippen molar-refractivity contribution in [2.24, 2.45) is 5.10 Å². The SMILES string of the molecule is CC[C@@H](C)Oc1c(OC)cc(C=Nn2c(-c3cc4cc(Cl)ccc4o3)nc3ccccc3c2=O)cc1[N+](=O)[O-]. The van der Waals surface area contributed by atoms with Gasteiger partial charge in [-0.25, -0.2) is 4.98 Å². The first-order valence-corrected chi connectivity index (χ1v) is 12.5. The van der Waals surface area contributed by atoms with E-state index >= 15 is 0 Å². The minimum atomic E-state index is -0.549. The zero-order chi connectivity index (χ0) is 27.7. The van der Waals surface area contributed by atoms with E-state index in [1.165, 1.54) is 19.4 Å². The van der Waals surface area contributed by atoms with Crippen LogP contribution in [0.3, 0.4) is 0 Å². The Morgan fingerprint density at radius 2 is 2.00 bits per heavy atom. The summed E-state index contributed by atoms with van der Waals surface area (Å²) in [5.74, 6) is 0.651. The second-order valence-corrected chi connectivity index (χ2v) is 9.21. The van der Waals surface area contributed by atoms with Gasteiger partial charge in [0.15, 0.2) is 11.5 Å². The zero-order valence-electron chi connectivity index (χ0n) is 21.3. The van der Waals surface area contributed by atoms with E-state index in [4.69, 9.17) is 25.5 Å². The van der Waals surface area contributed by atoms with Crippen LogP contribution in [0.4, 0.5) is 5.69 Å². The molecular weight excluding hydrogens is 524 g/mol. The topological polar surface area (TPSA) is 122 Å². The molecule has 0 saturated carbocycles. The average molecular weight is 547 g/mol. The van der Waals surface area contributed by atoms with Crippen LogP contribution in [0.25, 0.3) is 33.5 Å². The van der Waals surface area contributed by atoms with Gasteiger partial charge in [-0.05, 0) is 55.8 Å². The van der Waals surface area contributed by atoms with Crippen molar-refractivity contribution in [1.29, 1.82) is 0 Å². The van der Waals surface area contributed by atoms with Crippen LogP contribution in [0, 0.1) is 10.1 Å². The fourth-order valence-corrected chi connectivity index (χ4v) is 4.19. The van der Waals surface area contributed by atoms with Crippen LogP contribution in [0.2, 0.25) is 5.02 Å². The van der Waals surface area contributed by atoms with E-state index in [2.05, 4.69) is 10.1 Å². The maximum absolute atomic E-state index is 13.5. The summed E-state index contributed by atoms with van der Waals surface area (Å²) < 4.78 is 18.2. The first-order chi connectivity index (χ1) is 18.8. The molecule has 0 fully saturated rings. The van der Waals surface area contributed by atoms with Crippen LogP contribution in [0.15, 0.2) is 75.0 Å². The van der Waals surface area contributed by atoms with Crippen LogP contribution >= 0.6 is 11.6 Å². The van der Waals surface area contributed by atoms with Gasteiger partial charge >= 0.3 is 5.69 Å². The van der Waals surface area contributed by atoms with E-state index in [-0.39, 0.29) is 29.1 Å². The summed E-state index contributed by atoms with van der Waals surface area (Å²) in [5.41, 5.74) is 0.617. The summed E-state index contributed by atoms with van der Waals surface area (Å²) in [5, 5.41) is 17.9. The fraction of sp³-hybridized carbons (Fsp3) is 0.179. The number of hydrogen-bond donors (Lipinski definition) is 0. The molecule has 2 heterocycles. The largest absolute Gasteiger partial charge is 0.493 e. The number of aromatic nitrogens is 2. The first-order valence-electron chi connectivity index (χ1n) is 12.1. The normalized spacial score (nSPS) is 12.3. The van der Waals surface area contributed by atoms with Crippen molar-refractivity contribution in [3.05, 3.63) is 91.7 Å². The Kier molecular flexibility index (Phi) is 7.03. The lowest BCUT2D eigenvalue weighted by Crippen LogP contribution is -2.20. The molecule has 5 aromatic rings. The third-order valence-corrected chi connectivity index (χ3v) is 6.38. The molecule has 0 saturated heterocycles. The van der Waals surface area contributed by atoms with Gasteiger partial charge < -0.3 is 13.9 Å². The molecule has 198 valence electrons. The molecule has 0 N–H and O–H groups in total. The van der Waals surface area contributed by atoms with Gasteiger partial charge in [0.1, 0.15) is 5.58 Å². The molecule has 1 atom stereocenters. The van der Waals surface area contributed by atoms with Gasteiger partial charge in [0.05, 0.1) is 35.3 Å². The minimum Gasteiger partial charge on any atom is -0.493 e. The summed E-state index contributed by atoms with van der Waals surface area (Å²) in [6.45, 7) is 3.72. The number of nitro benzene ring substituents is 1. The Morgan fingerprint density at radius 3 is 2.74 bits per heavy atom. The standard InChI is InChI=1S/C28H23ClN4O6/c1-4-16(2)38-26-22(33(35)36)11-17(12-24(26)37-3)15-30-32-27(31-21-8-6-5-7-20(21)28(32)34)25-14-18-13-19(29)9-10-23(18)39-25/h5-16H,4H2,1-3H3/t16-/m1/s1. The monoisotopic (exact) mass is 546 g/mol. The second-order valence-electron chi connectivity index (χ2n) is 8.77. The van der Waals surface area contributed by atoms with Crippen molar-refractivity contribution in [2.75, 3.05) is 7.11 Å². The maximum Gasteiger partial charge on any atom is 0.315 e. The number of nitrogens with zero attached hydrogens (tertiary/aromatic N) is 4. The lowest BCUT2D eigenvalue weighted by molar-refractivity contribution is -0.386. The molecule has 0 aliphatic carbocycles. The number of methoxy groups -OCH3 is 1. The molecule has 5 rings (SSSR count). The molecule has 0 spiro atoms. The van der Waals surface area contributed by atoms with E-state index in [0.717, 1.165) is 10.1 Å². The van der Waals surface area contributed by atoms with Crippen LogP contribution in [-0.4, -0.2) is 34.0 Å². The van der Waals surface area contributed by atoms with Gasteiger partial charge in [-0.2, -0.15) is 9.78 Å². The maximum atomic E-state index is 13.5. The third kappa shape index (κ3) is 5.06. The molecule has 10 nitrogen and oxygen atoms in total. The van der Waals surface area contributed by atoms with Crippen molar-refractivity contribution in [3.63, 3.8) is 0 Å². The summed E-state index contributed by atoms with van der Waals surface area (Å²) in [4.78, 5) is 29.5. The van der Waals surface area contributed by atoms with Crippen LogP contribution in [0.5, 0.6) is 11.5 Å². The van der Waals surface area contributed by atoms with Gasteiger partial charge in [0.2, 0.25) is 11.6 Å². The Bertz CT molecular complexity index is 1810. The first kappa shape index (κ1) is 25.9. The van der Waals surface area contributed by atoms with E-state index in [1.54, 1.807) is 54.6 Å². The Hall–Kier alpha value is -4.70. The predicted molar refractivity (Wildman–Crippen MR) is 149 cm³/mol. The molecule has 2 aromatic heterocycles. The van der Waals surface area contributed by atoms with Crippen LogP contribution in [0.1, 0.15) is 25.8 Å². The molecular formula is C28H23ClN4O6. The Labute approximate surface area is 227 Å².